The topological polar surface area (TPSA) is 44.5 Å². The molecular weight excluding hydrogens is 233 g/mol. The zero-order valence-electron chi connectivity index (χ0n) is 5.23. The van der Waals surface area contributed by atoms with E-state index >= 15 is 0 Å². The first-order chi connectivity index (χ1) is 5.20. The van der Waals surface area contributed by atoms with Crippen molar-refractivity contribution < 1.29 is 9.78 Å². The van der Waals surface area contributed by atoms with Gasteiger partial charge in [0.2, 0.25) is 11.5 Å². The second kappa shape index (κ2) is 2.19. The molecule has 1 aromatic carbocycles. The highest BCUT2D eigenvalue weighted by atomic mass is 79.9. The van der Waals surface area contributed by atoms with Crippen molar-refractivity contribution in [2.24, 2.45) is 0 Å². The standard InChI is InChI=1S/C6H3BrClNO2/c7-4-2(9)1-3-5(8)6(4)11-10-3/h1H,9H2. The molecule has 1 aliphatic heterocycles. The Bertz CT molecular complexity index is 329. The number of anilines is 1. The Morgan fingerprint density at radius 1 is 1.45 bits per heavy atom. The Hall–Kier alpha value is -0.610. The molecule has 2 rings (SSSR count). The van der Waals surface area contributed by atoms with Gasteiger partial charge in [-0.25, -0.2) is 0 Å². The predicted molar refractivity (Wildman–Crippen MR) is 44.8 cm³/mol. The first-order valence-electron chi connectivity index (χ1n) is 2.82. The average molecular weight is 236 g/mol. The molecule has 1 aromatic rings. The van der Waals surface area contributed by atoms with Crippen LogP contribution in [0.25, 0.3) is 0 Å². The third-order valence-corrected chi connectivity index (χ3v) is 2.55. The van der Waals surface area contributed by atoms with E-state index in [2.05, 4.69) is 15.9 Å². The maximum atomic E-state index is 5.78. The van der Waals surface area contributed by atoms with E-state index in [1.54, 1.807) is 6.07 Å². The van der Waals surface area contributed by atoms with Crippen molar-refractivity contribution in [1.29, 1.82) is 0 Å². The summed E-state index contributed by atoms with van der Waals surface area (Å²) in [6.07, 6.45) is 0. The SMILES string of the molecule is Nc1cc2c(Cl)c(c1Br)OO2. The summed E-state index contributed by atoms with van der Waals surface area (Å²) in [5.74, 6) is 0.907. The van der Waals surface area contributed by atoms with Crippen molar-refractivity contribution >= 4 is 33.2 Å². The third-order valence-electron chi connectivity index (χ3n) is 1.37. The first kappa shape index (κ1) is 7.06. The summed E-state index contributed by atoms with van der Waals surface area (Å²) in [6, 6.07) is 1.60. The second-order valence-corrected chi connectivity index (χ2v) is 3.26. The highest BCUT2D eigenvalue weighted by molar-refractivity contribution is 9.10. The van der Waals surface area contributed by atoms with Crippen LogP contribution in [0.15, 0.2) is 10.5 Å². The van der Waals surface area contributed by atoms with Crippen molar-refractivity contribution in [3.8, 4) is 11.5 Å². The van der Waals surface area contributed by atoms with Crippen molar-refractivity contribution in [2.45, 2.75) is 0 Å². The predicted octanol–water partition coefficient (Wildman–Crippen LogP) is 2.37. The van der Waals surface area contributed by atoms with Crippen molar-refractivity contribution in [1.82, 2.24) is 0 Å². The Morgan fingerprint density at radius 2 is 2.18 bits per heavy atom. The van der Waals surface area contributed by atoms with Crippen LogP contribution < -0.4 is 15.5 Å². The molecule has 1 heterocycles. The summed E-state index contributed by atoms with van der Waals surface area (Å²) in [7, 11) is 0. The molecule has 0 amide bonds. The lowest BCUT2D eigenvalue weighted by Gasteiger charge is -1.96. The summed E-state index contributed by atoms with van der Waals surface area (Å²) in [5, 5.41) is 0.450. The van der Waals surface area contributed by atoms with Gasteiger partial charge in [-0.05, 0) is 15.9 Å². The van der Waals surface area contributed by atoms with Crippen LogP contribution in [-0.4, -0.2) is 0 Å². The molecule has 0 spiro atoms. The molecule has 0 saturated heterocycles. The van der Waals surface area contributed by atoms with Gasteiger partial charge in [-0.15, -0.1) is 0 Å². The van der Waals surface area contributed by atoms with E-state index in [0.717, 1.165) is 0 Å². The lowest BCUT2D eigenvalue weighted by atomic mass is 10.3. The van der Waals surface area contributed by atoms with Gasteiger partial charge in [0, 0.05) is 6.07 Å². The van der Waals surface area contributed by atoms with E-state index in [9.17, 15) is 0 Å². The zero-order chi connectivity index (χ0) is 8.01. The summed E-state index contributed by atoms with van der Waals surface area (Å²) in [6.45, 7) is 0. The zero-order valence-corrected chi connectivity index (χ0v) is 7.57. The molecule has 0 aromatic heterocycles. The van der Waals surface area contributed by atoms with E-state index < -0.39 is 0 Å². The molecule has 0 unspecified atom stereocenters. The number of halogens is 2. The first-order valence-corrected chi connectivity index (χ1v) is 3.99. The Balaban J connectivity index is 2.76. The lowest BCUT2D eigenvalue weighted by molar-refractivity contribution is -0.0852. The van der Waals surface area contributed by atoms with Gasteiger partial charge in [0.05, 0.1) is 10.2 Å². The summed E-state index contributed by atoms with van der Waals surface area (Å²) in [5.41, 5.74) is 6.12. The molecule has 0 atom stereocenters. The molecule has 0 radical (unpaired) electrons. The molecule has 1 aliphatic rings. The van der Waals surface area contributed by atoms with Crippen molar-refractivity contribution in [3.05, 3.63) is 15.6 Å². The molecule has 58 valence electrons. The molecule has 2 N–H and O–H groups in total. The largest absolute Gasteiger partial charge is 0.398 e. The number of benzene rings is 1. The van der Waals surface area contributed by atoms with E-state index in [0.29, 0.717) is 26.7 Å². The number of hydrogen-bond acceptors (Lipinski definition) is 3. The maximum Gasteiger partial charge on any atom is 0.217 e. The lowest BCUT2D eigenvalue weighted by Crippen LogP contribution is -1.90. The Morgan fingerprint density at radius 3 is 2.91 bits per heavy atom. The normalized spacial score (nSPS) is 12.5. The second-order valence-electron chi connectivity index (χ2n) is 2.09. The maximum absolute atomic E-state index is 5.78. The average Bonchev–Trinajstić information content (AvgIpc) is 2.23. The van der Waals surface area contributed by atoms with Gasteiger partial charge in [0.25, 0.3) is 0 Å². The van der Waals surface area contributed by atoms with Crippen LogP contribution in [0.1, 0.15) is 0 Å². The molecule has 5 heteroatoms. The van der Waals surface area contributed by atoms with Crippen LogP contribution in [0.3, 0.4) is 0 Å². The van der Waals surface area contributed by atoms with Crippen LogP contribution in [0.2, 0.25) is 5.02 Å². The number of nitrogen functional groups attached to an aromatic ring is 1. The quantitative estimate of drug-likeness (QED) is 0.555. The highest BCUT2D eigenvalue weighted by Gasteiger charge is 2.24. The fourth-order valence-corrected chi connectivity index (χ4v) is 1.53. The monoisotopic (exact) mass is 235 g/mol. The fraction of sp³-hybridized carbons (Fsp3) is 0. The van der Waals surface area contributed by atoms with Crippen LogP contribution in [0.4, 0.5) is 5.69 Å². The number of rotatable bonds is 0. The van der Waals surface area contributed by atoms with Crippen LogP contribution in [0, 0.1) is 0 Å². The van der Waals surface area contributed by atoms with E-state index in [1.807, 2.05) is 0 Å². The van der Waals surface area contributed by atoms with Crippen molar-refractivity contribution in [3.63, 3.8) is 0 Å². The van der Waals surface area contributed by atoms with Gasteiger partial charge in [0.1, 0.15) is 5.02 Å². The van der Waals surface area contributed by atoms with Crippen LogP contribution in [-0.2, 0) is 0 Å². The van der Waals surface area contributed by atoms with E-state index in [4.69, 9.17) is 27.1 Å². The molecule has 11 heavy (non-hydrogen) atoms. The minimum atomic E-state index is 0.446. The van der Waals surface area contributed by atoms with Crippen molar-refractivity contribution in [2.75, 3.05) is 5.73 Å². The Kier molecular flexibility index (Phi) is 1.40. The minimum Gasteiger partial charge on any atom is -0.398 e. The third kappa shape index (κ3) is 0.862. The molecule has 0 saturated carbocycles. The number of hydrogen-bond donors (Lipinski definition) is 1. The highest BCUT2D eigenvalue weighted by Crippen LogP contribution is 2.47. The van der Waals surface area contributed by atoms with Gasteiger partial charge in [0.15, 0.2) is 0 Å². The number of fused-ring (bicyclic) bond motifs is 2. The minimum absolute atomic E-state index is 0.446. The van der Waals surface area contributed by atoms with Gasteiger partial charge in [-0.1, -0.05) is 11.6 Å². The van der Waals surface area contributed by atoms with Gasteiger partial charge in [-0.2, -0.15) is 0 Å². The molecule has 3 nitrogen and oxygen atoms in total. The van der Waals surface area contributed by atoms with E-state index in [-0.39, 0.29) is 0 Å². The summed E-state index contributed by atoms with van der Waals surface area (Å²) in [4.78, 5) is 9.50. The van der Waals surface area contributed by atoms with Crippen LogP contribution in [0.5, 0.6) is 11.5 Å². The molecule has 0 aliphatic carbocycles. The fourth-order valence-electron chi connectivity index (χ4n) is 0.828. The van der Waals surface area contributed by atoms with E-state index in [1.165, 1.54) is 0 Å². The smallest absolute Gasteiger partial charge is 0.217 e. The molecule has 2 bridgehead atoms. The molecule has 0 fully saturated rings. The van der Waals surface area contributed by atoms with Gasteiger partial charge < -0.3 is 5.73 Å². The van der Waals surface area contributed by atoms with Crippen LogP contribution >= 0.6 is 27.5 Å². The molecular formula is C6H3BrClNO2. The number of nitrogens with two attached hydrogens (primary N) is 1. The summed E-state index contributed by atoms with van der Waals surface area (Å²) < 4.78 is 0.628. The summed E-state index contributed by atoms with van der Waals surface area (Å²) >= 11 is 8.99. The Labute approximate surface area is 76.1 Å². The van der Waals surface area contributed by atoms with Gasteiger partial charge >= 0.3 is 0 Å². The van der Waals surface area contributed by atoms with Gasteiger partial charge in [-0.3, -0.25) is 9.78 Å².